The summed E-state index contributed by atoms with van der Waals surface area (Å²) >= 11 is 1.23. The van der Waals surface area contributed by atoms with Gasteiger partial charge in [-0.3, -0.25) is 14.9 Å². The molecule has 0 fully saturated rings. The first-order valence-corrected chi connectivity index (χ1v) is 11.5. The number of thiazole rings is 1. The number of hydrogen-bond donors (Lipinski definition) is 3. The molecule has 0 radical (unpaired) electrons. The molecule has 2 amide bonds. The van der Waals surface area contributed by atoms with Crippen LogP contribution in [0, 0.1) is 5.82 Å². The molecular weight excluding hydrogens is 443 g/mol. The zero-order chi connectivity index (χ0) is 22.4. The molecule has 2 aromatic carbocycles. The van der Waals surface area contributed by atoms with Gasteiger partial charge in [-0.15, -0.1) is 11.3 Å². The van der Waals surface area contributed by atoms with Crippen LogP contribution in [0.25, 0.3) is 0 Å². The van der Waals surface area contributed by atoms with E-state index < -0.39 is 21.7 Å². The Bertz CT molecular complexity index is 1180. The number of rotatable bonds is 8. The summed E-state index contributed by atoms with van der Waals surface area (Å²) in [5.41, 5.74) is 1.71. The minimum absolute atomic E-state index is 0.00781. The van der Waals surface area contributed by atoms with E-state index in [0.717, 1.165) is 5.56 Å². The highest BCUT2D eigenvalue weighted by atomic mass is 32.2. The Balaban J connectivity index is 1.45. The van der Waals surface area contributed by atoms with E-state index in [1.54, 1.807) is 17.5 Å². The average Bonchev–Trinajstić information content (AvgIpc) is 3.18. The van der Waals surface area contributed by atoms with Crippen molar-refractivity contribution in [3.63, 3.8) is 0 Å². The molecule has 4 N–H and O–H groups in total. The predicted molar refractivity (Wildman–Crippen MR) is 114 cm³/mol. The molecule has 0 aliphatic heterocycles. The van der Waals surface area contributed by atoms with Crippen LogP contribution in [0.5, 0.6) is 0 Å². The molecule has 8 nitrogen and oxygen atoms in total. The zero-order valence-corrected chi connectivity index (χ0v) is 17.8. The first-order valence-electron chi connectivity index (χ1n) is 9.10. The number of carbonyl (C=O) groups excluding carboxylic acids is 2. The fraction of sp³-hybridized carbons (Fsp3) is 0.150. The van der Waals surface area contributed by atoms with Crippen LogP contribution in [0.15, 0.2) is 58.8 Å². The molecule has 0 saturated heterocycles. The molecule has 1 heterocycles. The molecule has 162 valence electrons. The third-order valence-corrected chi connectivity index (χ3v) is 5.96. The van der Waals surface area contributed by atoms with Crippen molar-refractivity contribution >= 4 is 38.3 Å². The molecule has 3 rings (SSSR count). The number of carbonyl (C=O) groups is 2. The third-order valence-electron chi connectivity index (χ3n) is 4.23. The number of aromatic nitrogens is 1. The fourth-order valence-corrected chi connectivity index (χ4v) is 3.83. The highest BCUT2D eigenvalue weighted by molar-refractivity contribution is 7.89. The standard InChI is InChI=1S/C20H19FN4O4S2/c21-15-5-3-14(4-6-15)19(27)25-20-24-16(12-30-20)7-10-18(26)23-11-13-1-8-17(9-2-13)31(22,28)29/h1-6,8-9,12H,7,10-11H2,(H,23,26)(H2,22,28,29)(H,24,25,27). The van der Waals surface area contributed by atoms with Gasteiger partial charge in [0.1, 0.15) is 5.82 Å². The molecule has 0 aliphatic rings. The van der Waals surface area contributed by atoms with Crippen LogP contribution in [0.1, 0.15) is 28.0 Å². The molecule has 0 bridgehead atoms. The molecule has 0 spiro atoms. The molecule has 0 saturated carbocycles. The van der Waals surface area contributed by atoms with Crippen LogP contribution in [0.3, 0.4) is 0 Å². The molecule has 0 aliphatic carbocycles. The number of amides is 2. The van der Waals surface area contributed by atoms with Gasteiger partial charge in [-0.25, -0.2) is 22.9 Å². The van der Waals surface area contributed by atoms with Crippen molar-refractivity contribution < 1.29 is 22.4 Å². The number of anilines is 1. The quantitative estimate of drug-likeness (QED) is 0.473. The van der Waals surface area contributed by atoms with Crippen molar-refractivity contribution in [1.82, 2.24) is 10.3 Å². The van der Waals surface area contributed by atoms with Crippen LogP contribution in [0.2, 0.25) is 0 Å². The Morgan fingerprint density at radius 2 is 1.74 bits per heavy atom. The number of benzene rings is 2. The summed E-state index contributed by atoms with van der Waals surface area (Å²) in [6, 6.07) is 11.1. The summed E-state index contributed by atoms with van der Waals surface area (Å²) in [4.78, 5) is 28.5. The second-order valence-corrected chi connectivity index (χ2v) is 8.99. The SMILES string of the molecule is NS(=O)(=O)c1ccc(CNC(=O)CCc2csc(NC(=O)c3ccc(F)cc3)n2)cc1. The lowest BCUT2D eigenvalue weighted by molar-refractivity contribution is -0.121. The number of sulfonamides is 1. The van der Waals surface area contributed by atoms with Gasteiger partial charge < -0.3 is 5.32 Å². The largest absolute Gasteiger partial charge is 0.352 e. The van der Waals surface area contributed by atoms with E-state index in [1.165, 1.54) is 47.7 Å². The normalized spacial score (nSPS) is 11.2. The van der Waals surface area contributed by atoms with Gasteiger partial charge >= 0.3 is 0 Å². The van der Waals surface area contributed by atoms with E-state index in [9.17, 15) is 22.4 Å². The first kappa shape index (κ1) is 22.5. The van der Waals surface area contributed by atoms with Crippen LogP contribution >= 0.6 is 11.3 Å². The van der Waals surface area contributed by atoms with Crippen molar-refractivity contribution in [3.05, 3.63) is 76.5 Å². The Morgan fingerprint density at radius 1 is 1.06 bits per heavy atom. The van der Waals surface area contributed by atoms with Crippen molar-refractivity contribution in [2.45, 2.75) is 24.3 Å². The van der Waals surface area contributed by atoms with Crippen LogP contribution in [-0.4, -0.2) is 25.2 Å². The predicted octanol–water partition coefficient (Wildman–Crippen LogP) is 2.43. The summed E-state index contributed by atoms with van der Waals surface area (Å²) < 4.78 is 35.4. The zero-order valence-electron chi connectivity index (χ0n) is 16.2. The molecule has 3 aromatic rings. The van der Waals surface area contributed by atoms with Crippen LogP contribution < -0.4 is 15.8 Å². The van der Waals surface area contributed by atoms with Gasteiger partial charge in [0.15, 0.2) is 5.13 Å². The molecule has 31 heavy (non-hydrogen) atoms. The third kappa shape index (κ3) is 6.67. The van der Waals surface area contributed by atoms with Crippen LogP contribution in [-0.2, 0) is 27.8 Å². The molecular formula is C20H19FN4O4S2. The van der Waals surface area contributed by atoms with Gasteiger partial charge in [-0.2, -0.15) is 0 Å². The Morgan fingerprint density at radius 3 is 2.39 bits per heavy atom. The van der Waals surface area contributed by atoms with E-state index >= 15 is 0 Å². The molecule has 11 heteroatoms. The molecule has 1 aromatic heterocycles. The van der Waals surface area contributed by atoms with E-state index in [-0.39, 0.29) is 23.8 Å². The van der Waals surface area contributed by atoms with Crippen LogP contribution in [0.4, 0.5) is 9.52 Å². The minimum atomic E-state index is -3.75. The van der Waals surface area contributed by atoms with Gasteiger partial charge in [-0.1, -0.05) is 12.1 Å². The minimum Gasteiger partial charge on any atom is -0.352 e. The lowest BCUT2D eigenvalue weighted by Crippen LogP contribution is -2.23. The number of nitrogens with zero attached hydrogens (tertiary/aromatic N) is 1. The number of halogens is 1. The Labute approximate surface area is 182 Å². The van der Waals surface area contributed by atoms with E-state index in [4.69, 9.17) is 5.14 Å². The Kier molecular flexibility index (Phi) is 7.10. The number of nitrogens with two attached hydrogens (primary N) is 1. The summed E-state index contributed by atoms with van der Waals surface area (Å²) in [7, 11) is -3.75. The maximum Gasteiger partial charge on any atom is 0.257 e. The summed E-state index contributed by atoms with van der Waals surface area (Å²) in [6.45, 7) is 0.250. The monoisotopic (exact) mass is 462 g/mol. The highest BCUT2D eigenvalue weighted by Crippen LogP contribution is 2.18. The number of aryl methyl sites for hydroxylation is 1. The van der Waals surface area contributed by atoms with Gasteiger partial charge in [0.2, 0.25) is 15.9 Å². The second kappa shape index (κ2) is 9.77. The first-order chi connectivity index (χ1) is 14.7. The number of nitrogens with one attached hydrogen (secondary N) is 2. The maximum atomic E-state index is 12.9. The van der Waals surface area contributed by atoms with Gasteiger partial charge in [0.25, 0.3) is 5.91 Å². The maximum absolute atomic E-state index is 12.9. The summed E-state index contributed by atoms with van der Waals surface area (Å²) in [6.07, 6.45) is 0.587. The van der Waals surface area contributed by atoms with Crippen molar-refractivity contribution in [2.24, 2.45) is 5.14 Å². The van der Waals surface area contributed by atoms with Gasteiger partial charge in [-0.05, 0) is 48.4 Å². The topological polar surface area (TPSA) is 131 Å². The summed E-state index contributed by atoms with van der Waals surface area (Å²) in [5, 5.41) is 12.6. The average molecular weight is 463 g/mol. The van der Waals surface area contributed by atoms with E-state index in [2.05, 4.69) is 15.6 Å². The van der Waals surface area contributed by atoms with Crippen molar-refractivity contribution in [2.75, 3.05) is 5.32 Å². The smallest absolute Gasteiger partial charge is 0.257 e. The van der Waals surface area contributed by atoms with Gasteiger partial charge in [0, 0.05) is 23.9 Å². The number of primary sulfonamides is 1. The summed E-state index contributed by atoms with van der Waals surface area (Å²) in [5.74, 6) is -1.01. The van der Waals surface area contributed by atoms with E-state index in [0.29, 0.717) is 22.8 Å². The lowest BCUT2D eigenvalue weighted by atomic mass is 10.2. The van der Waals surface area contributed by atoms with Gasteiger partial charge in [0.05, 0.1) is 10.6 Å². The van der Waals surface area contributed by atoms with Crippen molar-refractivity contribution in [1.29, 1.82) is 0 Å². The van der Waals surface area contributed by atoms with Crippen molar-refractivity contribution in [3.8, 4) is 0 Å². The lowest BCUT2D eigenvalue weighted by Gasteiger charge is -2.06. The fourth-order valence-electron chi connectivity index (χ4n) is 2.58. The highest BCUT2D eigenvalue weighted by Gasteiger charge is 2.11. The second-order valence-electron chi connectivity index (χ2n) is 6.57. The molecule has 0 unspecified atom stereocenters. The Hall–Kier alpha value is -3.15. The molecule has 0 atom stereocenters. The number of hydrogen-bond acceptors (Lipinski definition) is 6. The van der Waals surface area contributed by atoms with E-state index in [1.807, 2.05) is 0 Å².